The molecule has 8 bridgehead atoms. The lowest BCUT2D eigenvalue weighted by Gasteiger charge is -2.34. The minimum atomic E-state index is -0.634. The first kappa shape index (κ1) is 34.7. The summed E-state index contributed by atoms with van der Waals surface area (Å²) in [5.74, 6) is 1.98. The van der Waals surface area contributed by atoms with E-state index >= 15 is 4.39 Å². The summed E-state index contributed by atoms with van der Waals surface area (Å²) in [5, 5.41) is 8.93. The van der Waals surface area contributed by atoms with Crippen LogP contribution in [0, 0.1) is 24.5 Å². The summed E-state index contributed by atoms with van der Waals surface area (Å²) < 4.78 is 51.8. The highest BCUT2D eigenvalue weighted by Crippen LogP contribution is 2.38. The van der Waals surface area contributed by atoms with Gasteiger partial charge < -0.3 is 33.9 Å². The second-order valence-electron chi connectivity index (χ2n) is 15.3. The molecule has 1 saturated heterocycles. The van der Waals surface area contributed by atoms with Gasteiger partial charge in [-0.3, -0.25) is 4.79 Å². The molecule has 2 aromatic carbocycles. The van der Waals surface area contributed by atoms with Crippen LogP contribution in [0.5, 0.6) is 5.75 Å². The molecule has 3 atom stereocenters. The van der Waals surface area contributed by atoms with Crippen molar-refractivity contribution in [3.8, 4) is 22.7 Å². The number of rotatable bonds is 2. The Kier molecular flexibility index (Phi) is 8.36. The number of anilines is 2. The molecule has 4 aromatic heterocycles. The average molecular weight is 767 g/mol. The number of carbonyl (C=O) groups excluding carboxylic acids is 1. The number of nitrogens with zero attached hydrogens (tertiary/aromatic N) is 9. The van der Waals surface area contributed by atoms with Crippen molar-refractivity contribution in [3.63, 3.8) is 0 Å². The fourth-order valence-electron chi connectivity index (χ4n) is 8.63. The third kappa shape index (κ3) is 5.98. The molecule has 1 unspecified atom stereocenters. The van der Waals surface area contributed by atoms with E-state index in [9.17, 15) is 9.18 Å². The van der Waals surface area contributed by atoms with Crippen molar-refractivity contribution in [1.29, 1.82) is 0 Å². The largest absolute Gasteiger partial charge is 0.491 e. The number of hydrogen-bond acceptors (Lipinski definition) is 11. The highest BCUT2D eigenvalue weighted by atomic mass is 19.1. The van der Waals surface area contributed by atoms with Gasteiger partial charge in [-0.15, -0.1) is 0 Å². The highest BCUT2D eigenvalue weighted by Gasteiger charge is 2.41. The van der Waals surface area contributed by atoms with Gasteiger partial charge in [0.2, 0.25) is 5.91 Å². The topological polar surface area (TPSA) is 138 Å². The number of methoxy groups -OCH3 is 1. The number of aryl methyl sites for hydroxylation is 1. The molecule has 1 saturated carbocycles. The Labute approximate surface area is 323 Å². The molecule has 0 spiro atoms. The van der Waals surface area contributed by atoms with Crippen LogP contribution in [0.4, 0.5) is 20.4 Å². The Morgan fingerprint density at radius 1 is 0.982 bits per heavy atom. The minimum absolute atomic E-state index is 0. The zero-order chi connectivity index (χ0) is 38.2. The predicted octanol–water partition coefficient (Wildman–Crippen LogP) is 5.54. The fourth-order valence-corrected chi connectivity index (χ4v) is 8.63. The summed E-state index contributed by atoms with van der Waals surface area (Å²) in [4.78, 5) is 38.1. The van der Waals surface area contributed by atoms with Crippen LogP contribution < -0.4 is 15.0 Å². The number of nitrogens with one attached hydrogen (secondary N) is 1. The summed E-state index contributed by atoms with van der Waals surface area (Å²) in [6.45, 7) is 3.54. The van der Waals surface area contributed by atoms with Gasteiger partial charge in [0.05, 0.1) is 53.7 Å². The Balaban J connectivity index is 0.00000235. The van der Waals surface area contributed by atoms with Crippen LogP contribution in [0.1, 0.15) is 33.8 Å². The van der Waals surface area contributed by atoms with Gasteiger partial charge in [0.25, 0.3) is 0 Å². The molecule has 11 rings (SSSR count). The van der Waals surface area contributed by atoms with Gasteiger partial charge in [0.1, 0.15) is 53.2 Å². The van der Waals surface area contributed by atoms with Crippen molar-refractivity contribution in [1.82, 2.24) is 39.2 Å². The molecule has 1 amide bonds. The van der Waals surface area contributed by atoms with Crippen LogP contribution in [0.25, 0.3) is 39.0 Å². The molecular formula is C40H44F2N10O4. The Bertz CT molecular complexity index is 2530. The molecule has 2 fully saturated rings. The Morgan fingerprint density at radius 2 is 1.86 bits per heavy atom. The average Bonchev–Trinajstić information content (AvgIpc) is 3.87. The van der Waals surface area contributed by atoms with E-state index in [-0.39, 0.29) is 40.0 Å². The van der Waals surface area contributed by atoms with Crippen LogP contribution in [-0.4, -0.2) is 103 Å². The lowest BCUT2D eigenvalue weighted by atomic mass is 9.83. The van der Waals surface area contributed by atoms with E-state index in [1.54, 1.807) is 36.0 Å². The molecule has 56 heavy (non-hydrogen) atoms. The molecule has 16 heteroatoms. The van der Waals surface area contributed by atoms with Crippen molar-refractivity contribution in [2.24, 2.45) is 5.92 Å². The highest BCUT2D eigenvalue weighted by molar-refractivity contribution is 5.94. The smallest absolute Gasteiger partial charge is 0.245 e. The van der Waals surface area contributed by atoms with E-state index in [4.69, 9.17) is 39.2 Å². The van der Waals surface area contributed by atoms with Gasteiger partial charge in [0, 0.05) is 53.8 Å². The summed E-state index contributed by atoms with van der Waals surface area (Å²) in [5.41, 5.74) is 3.50. The lowest BCUT2D eigenvalue weighted by molar-refractivity contribution is -0.132. The van der Waals surface area contributed by atoms with Crippen LogP contribution in [-0.2, 0) is 27.4 Å². The van der Waals surface area contributed by atoms with E-state index in [1.165, 1.54) is 24.3 Å². The monoisotopic (exact) mass is 766 g/mol. The van der Waals surface area contributed by atoms with Crippen molar-refractivity contribution >= 4 is 39.6 Å². The number of likely N-dealkylation sites (N-methyl/N-ethyl adjacent to an activating group) is 1. The molecule has 5 aliphatic rings. The normalized spacial score (nSPS) is 23.7. The number of halogens is 2. The number of imidazole rings is 1. The standard InChI is InChI=1S/C40H40F2N10O4.2H2/c1-21-44-31-12-24(42)11-28-30-5-4-6-35(46-30)45-25-14-33(40(53)49(2)17-27(54-3)18-50(21)37(28)31)51(16-25)38-29-15-43-52-32-8-7-23(41)13-34(32)56-19-22-9-26(10-22)55-20-36(47-38)48-39(29)52;;/h4-8,11-13,15,22,25-27,33H,9-10,14,16-20H2,1-3H3,(H,45,46);2*1H/t22?,25?,26?,27-,33-;;/m0../s1. The maximum absolute atomic E-state index is 15.1. The maximum Gasteiger partial charge on any atom is 0.245 e. The van der Waals surface area contributed by atoms with Crippen molar-refractivity contribution in [3.05, 3.63) is 78.0 Å². The van der Waals surface area contributed by atoms with E-state index in [1.807, 2.05) is 34.6 Å². The van der Waals surface area contributed by atoms with E-state index in [2.05, 4.69) is 5.32 Å². The molecule has 0 radical (unpaired) electrons. The maximum atomic E-state index is 15.1. The predicted molar refractivity (Wildman–Crippen MR) is 207 cm³/mol. The SMILES string of the molecule is CO[C@H]1CN(C)C(=O)[C@@H]2CC(CN2c2nc3nc4c2cnn4-c2ccc(F)cc2OCC2CC(C2)OC3)Nc2cccc(n2)-c2cc(F)cc3nc(C)n(c23)C1.[HH].[HH]. The molecule has 1 aliphatic carbocycles. The summed E-state index contributed by atoms with van der Waals surface area (Å²) in [6.07, 6.45) is 3.36. The van der Waals surface area contributed by atoms with E-state index in [0.717, 1.165) is 18.4 Å². The molecule has 14 nitrogen and oxygen atoms in total. The van der Waals surface area contributed by atoms with Gasteiger partial charge in [-0.1, -0.05) is 6.07 Å². The summed E-state index contributed by atoms with van der Waals surface area (Å²) in [6, 6.07) is 12.1. The second kappa shape index (κ2) is 13.5. The zero-order valence-corrected chi connectivity index (χ0v) is 31.2. The minimum Gasteiger partial charge on any atom is -0.491 e. The molecule has 8 heterocycles. The third-order valence-electron chi connectivity index (χ3n) is 11.5. The van der Waals surface area contributed by atoms with Gasteiger partial charge >= 0.3 is 0 Å². The fraction of sp³-hybridized carbons (Fsp3) is 0.400. The quantitative estimate of drug-likeness (QED) is 0.238. The third-order valence-corrected chi connectivity index (χ3v) is 11.5. The number of hydrogen-bond donors (Lipinski definition) is 1. The van der Waals surface area contributed by atoms with E-state index in [0.29, 0.717) is 88.6 Å². The number of amides is 1. The molecule has 6 aromatic rings. The number of ether oxygens (including phenoxy) is 3. The first-order valence-electron chi connectivity index (χ1n) is 18.9. The van der Waals surface area contributed by atoms with Crippen LogP contribution in [0.15, 0.2) is 54.7 Å². The number of carbonyl (C=O) groups is 1. The Morgan fingerprint density at radius 3 is 2.71 bits per heavy atom. The van der Waals surface area contributed by atoms with Crippen molar-refractivity contribution in [2.75, 3.05) is 44.1 Å². The molecule has 292 valence electrons. The number of fused-ring (bicyclic) bond motifs is 7. The molecular weight excluding hydrogens is 723 g/mol. The molecule has 4 aliphatic heterocycles. The lowest BCUT2D eigenvalue weighted by Crippen LogP contribution is -2.47. The van der Waals surface area contributed by atoms with Crippen LogP contribution >= 0.6 is 0 Å². The summed E-state index contributed by atoms with van der Waals surface area (Å²) >= 11 is 0. The van der Waals surface area contributed by atoms with Crippen molar-refractivity contribution < 1.29 is 30.6 Å². The summed E-state index contributed by atoms with van der Waals surface area (Å²) in [7, 11) is 3.41. The number of aromatic nitrogens is 7. The van der Waals surface area contributed by atoms with Crippen molar-refractivity contribution in [2.45, 2.75) is 63.6 Å². The number of pyridine rings is 1. The van der Waals surface area contributed by atoms with E-state index < -0.39 is 23.8 Å². The van der Waals surface area contributed by atoms with Crippen LogP contribution in [0.3, 0.4) is 0 Å². The zero-order valence-electron chi connectivity index (χ0n) is 31.2. The van der Waals surface area contributed by atoms with Crippen LogP contribution in [0.2, 0.25) is 0 Å². The number of benzene rings is 2. The van der Waals surface area contributed by atoms with Gasteiger partial charge in [0.15, 0.2) is 11.5 Å². The van der Waals surface area contributed by atoms with Gasteiger partial charge in [-0.05, 0) is 62.4 Å². The Hall–Kier alpha value is -5.74. The molecule has 1 N–H and O–H groups in total. The van der Waals surface area contributed by atoms with Gasteiger partial charge in [-0.2, -0.15) is 5.10 Å². The van der Waals surface area contributed by atoms with Gasteiger partial charge in [-0.25, -0.2) is 33.4 Å². The first-order valence-corrected chi connectivity index (χ1v) is 18.9. The second-order valence-corrected chi connectivity index (χ2v) is 15.3. The first-order chi connectivity index (χ1) is 27.2.